The van der Waals surface area contributed by atoms with Gasteiger partial charge in [0.15, 0.2) is 5.78 Å². The van der Waals surface area contributed by atoms with E-state index in [0.29, 0.717) is 6.42 Å². The average Bonchev–Trinajstić information content (AvgIpc) is 2.84. The van der Waals surface area contributed by atoms with Gasteiger partial charge in [0.1, 0.15) is 0 Å². The minimum atomic E-state index is -0.0918. The highest BCUT2D eigenvalue weighted by atomic mass is 16.1. The van der Waals surface area contributed by atoms with Gasteiger partial charge < -0.3 is 5.73 Å². The quantitative estimate of drug-likeness (QED) is 0.645. The Balaban J connectivity index is 2.04. The van der Waals surface area contributed by atoms with Crippen LogP contribution in [0.1, 0.15) is 16.8 Å². The van der Waals surface area contributed by atoms with Crippen molar-refractivity contribution in [2.75, 3.05) is 0 Å². The molecule has 2 aromatic rings. The molecule has 0 amide bonds. The molecule has 0 aliphatic heterocycles. The van der Waals surface area contributed by atoms with Gasteiger partial charge in [0.05, 0.1) is 5.52 Å². The summed E-state index contributed by atoms with van der Waals surface area (Å²) in [4.78, 5) is 16.7. The first-order valence-corrected chi connectivity index (χ1v) is 6.07. The Hall–Kier alpha value is -2.00. The molecule has 0 spiro atoms. The van der Waals surface area contributed by atoms with Crippen molar-refractivity contribution in [2.24, 2.45) is 11.7 Å². The molecule has 0 saturated heterocycles. The number of rotatable bonds is 2. The van der Waals surface area contributed by atoms with Crippen LogP contribution in [-0.4, -0.2) is 16.8 Å². The lowest BCUT2D eigenvalue weighted by molar-refractivity contribution is 0.0944. The largest absolute Gasteiger partial charge is 0.324 e. The fourth-order valence-corrected chi connectivity index (χ4v) is 2.44. The lowest BCUT2D eigenvalue weighted by Gasteiger charge is -2.10. The van der Waals surface area contributed by atoms with E-state index in [1.54, 1.807) is 6.20 Å². The van der Waals surface area contributed by atoms with Crippen LogP contribution in [0, 0.1) is 5.92 Å². The van der Waals surface area contributed by atoms with E-state index in [1.807, 2.05) is 42.5 Å². The van der Waals surface area contributed by atoms with Crippen molar-refractivity contribution in [1.82, 2.24) is 4.98 Å². The zero-order chi connectivity index (χ0) is 12.5. The molecule has 3 heteroatoms. The highest BCUT2D eigenvalue weighted by molar-refractivity contribution is 6.09. The maximum Gasteiger partial charge on any atom is 0.170 e. The first kappa shape index (κ1) is 11.1. The van der Waals surface area contributed by atoms with E-state index in [-0.39, 0.29) is 17.7 Å². The van der Waals surface area contributed by atoms with Gasteiger partial charge in [0.25, 0.3) is 0 Å². The number of hydrogen-bond donors (Lipinski definition) is 1. The summed E-state index contributed by atoms with van der Waals surface area (Å²) in [6.45, 7) is 0. The minimum Gasteiger partial charge on any atom is -0.324 e. The number of ketones is 1. The molecular weight excluding hydrogens is 224 g/mol. The third kappa shape index (κ3) is 1.83. The Morgan fingerprint density at radius 1 is 1.22 bits per heavy atom. The van der Waals surface area contributed by atoms with Crippen LogP contribution in [0.5, 0.6) is 0 Å². The Labute approximate surface area is 105 Å². The van der Waals surface area contributed by atoms with E-state index in [4.69, 9.17) is 5.73 Å². The van der Waals surface area contributed by atoms with Gasteiger partial charge in [-0.2, -0.15) is 0 Å². The predicted molar refractivity (Wildman–Crippen MR) is 71.3 cm³/mol. The maximum atomic E-state index is 12.5. The smallest absolute Gasteiger partial charge is 0.170 e. The molecule has 2 N–H and O–H groups in total. The number of nitrogens with two attached hydrogens (primary N) is 1. The molecule has 0 bridgehead atoms. The second kappa shape index (κ2) is 4.35. The Kier molecular flexibility index (Phi) is 2.68. The summed E-state index contributed by atoms with van der Waals surface area (Å²) < 4.78 is 0. The van der Waals surface area contributed by atoms with Gasteiger partial charge in [-0.15, -0.1) is 0 Å². The van der Waals surface area contributed by atoms with Crippen LogP contribution in [0.2, 0.25) is 0 Å². The normalized spacial score (nSPS) is 22.5. The molecule has 1 heterocycles. The molecule has 90 valence electrons. The van der Waals surface area contributed by atoms with E-state index in [1.165, 1.54) is 0 Å². The standard InChI is InChI=1S/C15H14N2O/c16-11-7-6-10(9-11)15(18)13-3-1-5-14-12(13)4-2-8-17-14/h1-8,10-11H,9,16H2. The highest BCUT2D eigenvalue weighted by Gasteiger charge is 2.24. The van der Waals surface area contributed by atoms with Crippen molar-refractivity contribution >= 4 is 16.7 Å². The number of carbonyl (C=O) groups is 1. The van der Waals surface area contributed by atoms with Crippen LogP contribution in [0.3, 0.4) is 0 Å². The molecule has 1 aromatic heterocycles. The lowest BCUT2D eigenvalue weighted by Crippen LogP contribution is -2.19. The first-order valence-electron chi connectivity index (χ1n) is 6.07. The fraction of sp³-hybridized carbons (Fsp3) is 0.200. The molecular formula is C15H14N2O. The average molecular weight is 238 g/mol. The van der Waals surface area contributed by atoms with Crippen molar-refractivity contribution in [1.29, 1.82) is 0 Å². The van der Waals surface area contributed by atoms with E-state index < -0.39 is 0 Å². The van der Waals surface area contributed by atoms with E-state index in [9.17, 15) is 4.79 Å². The van der Waals surface area contributed by atoms with Crippen molar-refractivity contribution < 1.29 is 4.79 Å². The number of hydrogen-bond acceptors (Lipinski definition) is 3. The molecule has 0 saturated carbocycles. The molecule has 18 heavy (non-hydrogen) atoms. The third-order valence-corrected chi connectivity index (χ3v) is 3.36. The molecule has 0 radical (unpaired) electrons. The third-order valence-electron chi connectivity index (χ3n) is 3.36. The number of allylic oxidation sites excluding steroid dienone is 1. The number of aromatic nitrogens is 1. The molecule has 3 rings (SSSR count). The molecule has 1 aliphatic rings. The summed E-state index contributed by atoms with van der Waals surface area (Å²) in [7, 11) is 0. The summed E-state index contributed by atoms with van der Waals surface area (Å²) >= 11 is 0. The van der Waals surface area contributed by atoms with Crippen LogP contribution < -0.4 is 5.73 Å². The van der Waals surface area contributed by atoms with Gasteiger partial charge >= 0.3 is 0 Å². The fourth-order valence-electron chi connectivity index (χ4n) is 2.44. The van der Waals surface area contributed by atoms with Gasteiger partial charge in [0, 0.05) is 29.1 Å². The molecule has 2 atom stereocenters. The summed E-state index contributed by atoms with van der Waals surface area (Å²) in [5, 5.41) is 0.916. The lowest BCUT2D eigenvalue weighted by atomic mass is 9.94. The Bertz CT molecular complexity index is 628. The van der Waals surface area contributed by atoms with Gasteiger partial charge in [-0.05, 0) is 18.6 Å². The molecule has 3 nitrogen and oxygen atoms in total. The number of Topliss-reactive ketones (excluding diaryl/α,β-unsaturated/α-hetero) is 1. The zero-order valence-electron chi connectivity index (χ0n) is 9.91. The van der Waals surface area contributed by atoms with Crippen molar-refractivity contribution in [3.8, 4) is 0 Å². The predicted octanol–water partition coefficient (Wildman–Crippen LogP) is 2.32. The topological polar surface area (TPSA) is 56.0 Å². The van der Waals surface area contributed by atoms with Crippen LogP contribution >= 0.6 is 0 Å². The van der Waals surface area contributed by atoms with Crippen molar-refractivity contribution in [3.63, 3.8) is 0 Å². The second-order valence-corrected chi connectivity index (χ2v) is 4.63. The summed E-state index contributed by atoms with van der Waals surface area (Å²) in [5.74, 6) is 0.0450. The molecule has 2 unspecified atom stereocenters. The van der Waals surface area contributed by atoms with Gasteiger partial charge in [0.2, 0.25) is 0 Å². The van der Waals surface area contributed by atoms with E-state index in [2.05, 4.69) is 4.98 Å². The number of pyridine rings is 1. The monoisotopic (exact) mass is 238 g/mol. The van der Waals surface area contributed by atoms with Gasteiger partial charge in [-0.3, -0.25) is 9.78 Å². The number of benzene rings is 1. The van der Waals surface area contributed by atoms with Crippen LogP contribution in [0.25, 0.3) is 10.9 Å². The summed E-state index contributed by atoms with van der Waals surface area (Å²) in [5.41, 5.74) is 7.40. The zero-order valence-corrected chi connectivity index (χ0v) is 9.91. The molecule has 0 fully saturated rings. The number of nitrogens with zero attached hydrogens (tertiary/aromatic N) is 1. The SMILES string of the molecule is NC1C=CC(C(=O)c2cccc3ncccc23)C1. The number of fused-ring (bicyclic) bond motifs is 1. The van der Waals surface area contributed by atoms with Crippen molar-refractivity contribution in [3.05, 3.63) is 54.2 Å². The van der Waals surface area contributed by atoms with Crippen molar-refractivity contribution in [2.45, 2.75) is 12.5 Å². The second-order valence-electron chi connectivity index (χ2n) is 4.63. The summed E-state index contributed by atoms with van der Waals surface area (Å²) in [6.07, 6.45) is 6.27. The van der Waals surface area contributed by atoms with Gasteiger partial charge in [-0.1, -0.05) is 30.4 Å². The minimum absolute atomic E-state index is 0.00653. The Morgan fingerprint density at radius 3 is 2.89 bits per heavy atom. The van der Waals surface area contributed by atoms with E-state index >= 15 is 0 Å². The van der Waals surface area contributed by atoms with E-state index in [0.717, 1.165) is 16.5 Å². The van der Waals surface area contributed by atoms with Crippen LogP contribution in [-0.2, 0) is 0 Å². The maximum absolute atomic E-state index is 12.5. The van der Waals surface area contributed by atoms with Crippen LogP contribution in [0.4, 0.5) is 0 Å². The Morgan fingerprint density at radius 2 is 2.11 bits per heavy atom. The first-order chi connectivity index (χ1) is 8.75. The summed E-state index contributed by atoms with van der Waals surface area (Å²) in [6, 6.07) is 9.46. The highest BCUT2D eigenvalue weighted by Crippen LogP contribution is 2.25. The number of carbonyl (C=O) groups excluding carboxylic acids is 1. The van der Waals surface area contributed by atoms with Gasteiger partial charge in [-0.25, -0.2) is 0 Å². The molecule has 1 aromatic carbocycles. The van der Waals surface area contributed by atoms with Crippen LogP contribution in [0.15, 0.2) is 48.7 Å². The molecule has 1 aliphatic carbocycles.